The monoisotopic (exact) mass is 1000 g/mol. The van der Waals surface area contributed by atoms with Gasteiger partial charge in [-0.2, -0.15) is 0 Å². The van der Waals surface area contributed by atoms with Crippen LogP contribution in [-0.4, -0.2) is 135 Å². The van der Waals surface area contributed by atoms with Gasteiger partial charge in [0.15, 0.2) is 0 Å². The van der Waals surface area contributed by atoms with E-state index in [1.165, 1.54) is 13.8 Å². The van der Waals surface area contributed by atoms with Gasteiger partial charge in [0.25, 0.3) is 0 Å². The minimum absolute atomic E-state index is 0.0611. The zero-order chi connectivity index (χ0) is 53.3. The van der Waals surface area contributed by atoms with Crippen molar-refractivity contribution in [3.63, 3.8) is 0 Å². The third-order valence-corrected chi connectivity index (χ3v) is 11.5. The van der Waals surface area contributed by atoms with E-state index in [2.05, 4.69) is 42.5 Å². The molecule has 0 spiro atoms. The van der Waals surface area contributed by atoms with Crippen molar-refractivity contribution in [1.29, 1.82) is 0 Å². The highest BCUT2D eigenvalue weighted by Crippen LogP contribution is 2.18. The summed E-state index contributed by atoms with van der Waals surface area (Å²) in [6.45, 7) is 20.5. The van der Waals surface area contributed by atoms with E-state index in [1.807, 2.05) is 6.92 Å². The Morgan fingerprint density at radius 3 is 1.36 bits per heavy atom. The van der Waals surface area contributed by atoms with Crippen molar-refractivity contribution in [1.82, 2.24) is 42.5 Å². The summed E-state index contributed by atoms with van der Waals surface area (Å²) in [6.07, 6.45) is -2.02. The molecule has 0 bridgehead atoms. The summed E-state index contributed by atoms with van der Waals surface area (Å²) in [6, 6.07) is -9.14. The average Bonchev–Trinajstić information content (AvgIpc) is 3.21. The van der Waals surface area contributed by atoms with Gasteiger partial charge < -0.3 is 58.5 Å². The molecule has 23 heteroatoms. The van der Waals surface area contributed by atoms with E-state index in [4.69, 9.17) is 5.73 Å². The Hall–Kier alpha value is -5.32. The summed E-state index contributed by atoms with van der Waals surface area (Å²) in [5, 5.41) is 39.8. The van der Waals surface area contributed by atoms with Gasteiger partial charge in [0.2, 0.25) is 58.3 Å². The van der Waals surface area contributed by atoms with Crippen molar-refractivity contribution < 1.29 is 63.0 Å². The summed E-state index contributed by atoms with van der Waals surface area (Å²) < 4.78 is 0. The Labute approximate surface area is 410 Å². The molecule has 0 rings (SSSR count). The molecule has 0 saturated carbocycles. The molecule has 0 aliphatic rings. The second kappa shape index (κ2) is 32.5. The molecule has 12 N–H and O–H groups in total. The van der Waals surface area contributed by atoms with E-state index in [9.17, 15) is 63.0 Å². The Morgan fingerprint density at radius 1 is 0.551 bits per heavy atom. The van der Waals surface area contributed by atoms with Crippen molar-refractivity contribution in [2.24, 2.45) is 35.3 Å². The number of aliphatic carboxylic acids is 1. The number of carboxylic acids is 1. The number of carbonyl (C=O) groups excluding carboxylic acids is 10. The van der Waals surface area contributed by atoms with Gasteiger partial charge >= 0.3 is 5.97 Å². The van der Waals surface area contributed by atoms with Gasteiger partial charge in [0.05, 0.1) is 18.9 Å². The summed E-state index contributed by atoms with van der Waals surface area (Å²) in [5.74, 6) is -9.46. The molecule has 69 heavy (non-hydrogen) atoms. The Bertz CT molecular complexity index is 1760. The highest BCUT2D eigenvalue weighted by atomic mass is 32.2. The van der Waals surface area contributed by atoms with Crippen molar-refractivity contribution in [3.8, 4) is 0 Å². The van der Waals surface area contributed by atoms with Gasteiger partial charge in [-0.25, -0.2) is 0 Å². The number of aliphatic hydroxyl groups is 1. The molecule has 0 aliphatic carbocycles. The van der Waals surface area contributed by atoms with E-state index in [1.54, 1.807) is 62.3 Å². The first kappa shape index (κ1) is 63.7. The summed E-state index contributed by atoms with van der Waals surface area (Å²) in [4.78, 5) is 144. The maximum Gasteiger partial charge on any atom is 0.305 e. The van der Waals surface area contributed by atoms with Crippen LogP contribution >= 0.6 is 11.8 Å². The van der Waals surface area contributed by atoms with Crippen LogP contribution < -0.4 is 48.3 Å². The summed E-state index contributed by atoms with van der Waals surface area (Å²) >= 11 is 0.934. The standard InChI is InChI=1S/C46H81N9O13S/c1-13-27(10)39(46(68)69-17-16-48-29(12)57)55-44(66)33(20-25(6)7)52-42(64)34(22-37(60)61)53-45(67)38(26(8)9)54-43(65)32(19-24(4)5)51-41(63)31(18-23(2)3)50-40(62)30(14-15-35(47)58)49-36(59)21-28(11)56/h23-28,30-34,38-39,56H,13-22H2,1-12H3,(H2,47,58)(H,48,57)(H,49,59)(H,50,62)(H,51,63)(H,52,64)(H,53,67)(H,54,65)(H,55,66)(H,60,61)/t27-,28+,30-,31-,32+,33+,34-,38-,39-/m0/s1. The van der Waals surface area contributed by atoms with Crippen LogP contribution in [0, 0.1) is 29.6 Å². The third-order valence-electron chi connectivity index (χ3n) is 10.6. The van der Waals surface area contributed by atoms with E-state index < -0.39 is 114 Å². The van der Waals surface area contributed by atoms with Gasteiger partial charge in [-0.05, 0) is 62.2 Å². The predicted molar refractivity (Wildman–Crippen MR) is 259 cm³/mol. The molecule has 0 aliphatic heterocycles. The number of nitrogens with one attached hydrogen (secondary N) is 8. The van der Waals surface area contributed by atoms with E-state index in [-0.39, 0.29) is 85.5 Å². The first-order valence-corrected chi connectivity index (χ1v) is 24.7. The first-order valence-electron chi connectivity index (χ1n) is 23.7. The SMILES string of the molecule is CC[C@H](C)[C@H](NC(=O)[C@@H](CC(C)C)NC(=O)[C@H](CC(=O)O)NC(=O)[C@@H](NC(=O)[C@@H](CC(C)C)NC(=O)[C@H](CC(C)C)NC(=O)[C@H](CCC(N)=O)NC(=O)C[C@@H](C)O)C(C)C)C(=O)SCCNC(C)=O. The van der Waals surface area contributed by atoms with Crippen molar-refractivity contribution in [2.75, 3.05) is 12.3 Å². The molecule has 22 nitrogen and oxygen atoms in total. The average molecular weight is 1000 g/mol. The normalized spacial score (nSPS) is 15.3. The molecular formula is C46H81N9O13S. The van der Waals surface area contributed by atoms with Crippen molar-refractivity contribution in [3.05, 3.63) is 0 Å². The maximum absolute atomic E-state index is 14.0. The Morgan fingerprint density at radius 2 is 0.971 bits per heavy atom. The molecule has 0 radical (unpaired) electrons. The molecule has 0 aromatic carbocycles. The number of hydrogen-bond donors (Lipinski definition) is 11. The number of carboxylic acid groups (broad SMARTS) is 1. The van der Waals surface area contributed by atoms with Crippen LogP contribution in [0.3, 0.4) is 0 Å². The molecule has 0 fully saturated rings. The lowest BCUT2D eigenvalue weighted by Gasteiger charge is -2.30. The minimum Gasteiger partial charge on any atom is -0.481 e. The Kier molecular flexibility index (Phi) is 30.0. The van der Waals surface area contributed by atoms with Gasteiger partial charge in [-0.15, -0.1) is 0 Å². The Balaban J connectivity index is 6.50. The van der Waals surface area contributed by atoms with Crippen LogP contribution in [0.5, 0.6) is 0 Å². The number of aliphatic hydroxyl groups excluding tert-OH is 1. The van der Waals surface area contributed by atoms with Gasteiger partial charge in [-0.3, -0.25) is 52.7 Å². The lowest BCUT2D eigenvalue weighted by atomic mass is 9.97. The van der Waals surface area contributed by atoms with Crippen LogP contribution in [-0.2, 0) is 52.7 Å². The maximum atomic E-state index is 14.0. The van der Waals surface area contributed by atoms with Crippen LogP contribution in [0.2, 0.25) is 0 Å². The fourth-order valence-corrected chi connectivity index (χ4v) is 7.70. The molecule has 0 unspecified atom stereocenters. The van der Waals surface area contributed by atoms with E-state index >= 15 is 0 Å². The smallest absolute Gasteiger partial charge is 0.305 e. The predicted octanol–water partition coefficient (Wildman–Crippen LogP) is 0.127. The lowest BCUT2D eigenvalue weighted by molar-refractivity contribution is -0.142. The van der Waals surface area contributed by atoms with E-state index in [0.717, 1.165) is 11.8 Å². The molecule has 0 saturated heterocycles. The number of primary amides is 1. The highest BCUT2D eigenvalue weighted by Gasteiger charge is 2.37. The third kappa shape index (κ3) is 26.9. The summed E-state index contributed by atoms with van der Waals surface area (Å²) in [5.41, 5.74) is 5.29. The van der Waals surface area contributed by atoms with Gasteiger partial charge in [0.1, 0.15) is 42.3 Å². The number of amides is 9. The molecule has 0 aromatic heterocycles. The number of rotatable bonds is 33. The fourth-order valence-electron chi connectivity index (χ4n) is 6.83. The van der Waals surface area contributed by atoms with E-state index in [0.29, 0.717) is 6.42 Å². The quantitative estimate of drug-likeness (QED) is 0.0390. The van der Waals surface area contributed by atoms with Crippen molar-refractivity contribution >= 4 is 76.0 Å². The van der Waals surface area contributed by atoms with Crippen LogP contribution in [0.15, 0.2) is 0 Å². The second-order valence-electron chi connectivity index (χ2n) is 19.2. The zero-order valence-corrected chi connectivity index (χ0v) is 43.3. The highest BCUT2D eigenvalue weighted by molar-refractivity contribution is 8.13. The molecule has 9 atom stereocenters. The molecular weight excluding hydrogens is 919 g/mol. The zero-order valence-electron chi connectivity index (χ0n) is 42.4. The number of thioether (sulfide) groups is 1. The molecule has 0 heterocycles. The van der Waals surface area contributed by atoms with Crippen LogP contribution in [0.1, 0.15) is 134 Å². The number of carbonyl (C=O) groups is 11. The lowest BCUT2D eigenvalue weighted by Crippen LogP contribution is -2.61. The minimum atomic E-state index is -1.73. The number of nitrogens with two attached hydrogens (primary N) is 1. The van der Waals surface area contributed by atoms with Crippen LogP contribution in [0.4, 0.5) is 0 Å². The van der Waals surface area contributed by atoms with Crippen molar-refractivity contribution in [2.45, 2.75) is 183 Å². The second-order valence-corrected chi connectivity index (χ2v) is 20.3. The molecule has 0 aromatic rings. The largest absolute Gasteiger partial charge is 0.481 e. The molecule has 394 valence electrons. The summed E-state index contributed by atoms with van der Waals surface area (Å²) in [7, 11) is 0. The number of hydrogen-bond acceptors (Lipinski definition) is 13. The van der Waals surface area contributed by atoms with Gasteiger partial charge in [-0.1, -0.05) is 87.4 Å². The first-order chi connectivity index (χ1) is 32.0. The molecule has 9 amide bonds. The fraction of sp³-hybridized carbons (Fsp3) is 0.761. The van der Waals surface area contributed by atoms with Gasteiger partial charge in [0, 0.05) is 25.6 Å². The topological polar surface area (TPSA) is 350 Å². The van der Waals surface area contributed by atoms with Crippen LogP contribution in [0.25, 0.3) is 0 Å².